The van der Waals surface area contributed by atoms with Gasteiger partial charge in [-0.2, -0.15) is 5.10 Å². The van der Waals surface area contributed by atoms with Crippen LogP contribution in [0.4, 0.5) is 0 Å². The summed E-state index contributed by atoms with van der Waals surface area (Å²) in [5, 5.41) is 7.70. The summed E-state index contributed by atoms with van der Waals surface area (Å²) in [7, 11) is 1.71. The highest BCUT2D eigenvalue weighted by Gasteiger charge is 2.05. The number of methoxy groups -OCH3 is 1. The van der Waals surface area contributed by atoms with E-state index in [1.54, 1.807) is 7.11 Å². The number of nitrogens with zero attached hydrogens (tertiary/aromatic N) is 2. The summed E-state index contributed by atoms with van der Waals surface area (Å²) < 4.78 is 12.5. The fraction of sp³-hybridized carbons (Fsp3) is 0.769. The van der Waals surface area contributed by atoms with Crippen LogP contribution in [0.15, 0.2) is 6.20 Å². The summed E-state index contributed by atoms with van der Waals surface area (Å²) in [5.74, 6) is 0. The lowest BCUT2D eigenvalue weighted by Gasteiger charge is -2.07. The second kappa shape index (κ2) is 9.08. The van der Waals surface area contributed by atoms with Crippen molar-refractivity contribution in [1.82, 2.24) is 15.1 Å². The van der Waals surface area contributed by atoms with Crippen molar-refractivity contribution in [3.05, 3.63) is 17.5 Å². The molecule has 0 aliphatic carbocycles. The molecule has 0 amide bonds. The Morgan fingerprint density at radius 3 is 2.89 bits per heavy atom. The van der Waals surface area contributed by atoms with E-state index in [0.29, 0.717) is 0 Å². The van der Waals surface area contributed by atoms with Crippen molar-refractivity contribution in [2.75, 3.05) is 33.5 Å². The van der Waals surface area contributed by atoms with Gasteiger partial charge in [0.1, 0.15) is 0 Å². The smallest absolute Gasteiger partial charge is 0.0662 e. The van der Waals surface area contributed by atoms with Gasteiger partial charge in [0.25, 0.3) is 0 Å². The Morgan fingerprint density at radius 2 is 2.17 bits per heavy atom. The van der Waals surface area contributed by atoms with Crippen LogP contribution >= 0.6 is 0 Å². The first-order valence-corrected chi connectivity index (χ1v) is 6.58. The van der Waals surface area contributed by atoms with E-state index in [2.05, 4.69) is 24.3 Å². The van der Waals surface area contributed by atoms with E-state index in [1.807, 2.05) is 10.9 Å². The Kier molecular flexibility index (Phi) is 7.64. The van der Waals surface area contributed by atoms with Gasteiger partial charge >= 0.3 is 0 Å². The van der Waals surface area contributed by atoms with E-state index in [0.717, 1.165) is 45.9 Å². The number of rotatable bonds is 10. The first kappa shape index (κ1) is 15.1. The molecule has 0 spiro atoms. The predicted octanol–water partition coefficient (Wildman–Crippen LogP) is 1.35. The first-order chi connectivity index (χ1) is 8.79. The van der Waals surface area contributed by atoms with E-state index >= 15 is 0 Å². The third-order valence-corrected chi connectivity index (χ3v) is 2.80. The van der Waals surface area contributed by atoms with Crippen molar-refractivity contribution in [3.8, 4) is 0 Å². The zero-order valence-corrected chi connectivity index (χ0v) is 11.7. The van der Waals surface area contributed by atoms with Gasteiger partial charge in [0, 0.05) is 38.1 Å². The molecular weight excluding hydrogens is 230 g/mol. The SMILES string of the molecule is CCCOCCn1ncc(CNCCOC)c1C. The van der Waals surface area contributed by atoms with Crippen LogP contribution in [0.3, 0.4) is 0 Å². The Labute approximate surface area is 109 Å². The molecule has 1 aromatic rings. The minimum Gasteiger partial charge on any atom is -0.383 e. The summed E-state index contributed by atoms with van der Waals surface area (Å²) in [6.07, 6.45) is 2.99. The Bertz CT molecular complexity index is 297. The molecule has 18 heavy (non-hydrogen) atoms. The van der Waals surface area contributed by atoms with E-state index in [-0.39, 0.29) is 0 Å². The molecule has 0 bridgehead atoms. The summed E-state index contributed by atoms with van der Waals surface area (Å²) in [5.41, 5.74) is 2.45. The average Bonchev–Trinajstić information content (AvgIpc) is 2.72. The van der Waals surface area contributed by atoms with Gasteiger partial charge in [0.15, 0.2) is 0 Å². The average molecular weight is 255 g/mol. The molecule has 0 aliphatic rings. The summed E-state index contributed by atoms with van der Waals surface area (Å²) >= 11 is 0. The van der Waals surface area contributed by atoms with Crippen LogP contribution in [0, 0.1) is 6.92 Å². The highest BCUT2D eigenvalue weighted by Crippen LogP contribution is 2.06. The Balaban J connectivity index is 2.30. The fourth-order valence-corrected chi connectivity index (χ4v) is 1.68. The largest absolute Gasteiger partial charge is 0.383 e. The van der Waals surface area contributed by atoms with Crippen molar-refractivity contribution in [1.29, 1.82) is 0 Å². The van der Waals surface area contributed by atoms with Gasteiger partial charge in [-0.25, -0.2) is 0 Å². The second-order valence-electron chi connectivity index (χ2n) is 4.26. The number of nitrogens with one attached hydrogen (secondary N) is 1. The molecular formula is C13H25N3O2. The summed E-state index contributed by atoms with van der Waals surface area (Å²) in [6, 6.07) is 0. The lowest BCUT2D eigenvalue weighted by molar-refractivity contribution is 0.124. The van der Waals surface area contributed by atoms with Crippen molar-refractivity contribution < 1.29 is 9.47 Å². The van der Waals surface area contributed by atoms with E-state index in [1.165, 1.54) is 11.3 Å². The lowest BCUT2D eigenvalue weighted by Crippen LogP contribution is -2.19. The standard InChI is InChI=1S/C13H25N3O2/c1-4-7-18-9-6-16-12(2)13(11-15-16)10-14-5-8-17-3/h11,14H,4-10H2,1-3H3. The molecule has 0 unspecified atom stereocenters. The van der Waals surface area contributed by atoms with Crippen LogP contribution in [0.2, 0.25) is 0 Å². The van der Waals surface area contributed by atoms with E-state index < -0.39 is 0 Å². The zero-order chi connectivity index (χ0) is 13.2. The van der Waals surface area contributed by atoms with Gasteiger partial charge in [-0.05, 0) is 13.3 Å². The number of hydrogen-bond donors (Lipinski definition) is 1. The molecule has 5 heteroatoms. The number of hydrogen-bond acceptors (Lipinski definition) is 4. The van der Waals surface area contributed by atoms with Crippen molar-refractivity contribution in [3.63, 3.8) is 0 Å². The fourth-order valence-electron chi connectivity index (χ4n) is 1.68. The molecule has 1 N–H and O–H groups in total. The highest BCUT2D eigenvalue weighted by atomic mass is 16.5. The second-order valence-corrected chi connectivity index (χ2v) is 4.26. The van der Waals surface area contributed by atoms with Crippen molar-refractivity contribution >= 4 is 0 Å². The quantitative estimate of drug-likeness (QED) is 0.641. The van der Waals surface area contributed by atoms with Crippen LogP contribution in [0.5, 0.6) is 0 Å². The van der Waals surface area contributed by atoms with Gasteiger partial charge < -0.3 is 14.8 Å². The molecule has 0 saturated heterocycles. The molecule has 1 heterocycles. The minimum atomic E-state index is 0.729. The Morgan fingerprint density at radius 1 is 1.33 bits per heavy atom. The monoisotopic (exact) mass is 255 g/mol. The first-order valence-electron chi connectivity index (χ1n) is 6.58. The predicted molar refractivity (Wildman–Crippen MR) is 71.7 cm³/mol. The molecule has 5 nitrogen and oxygen atoms in total. The number of aromatic nitrogens is 2. The maximum absolute atomic E-state index is 5.47. The van der Waals surface area contributed by atoms with Crippen LogP contribution in [0.1, 0.15) is 24.6 Å². The molecule has 0 aromatic carbocycles. The van der Waals surface area contributed by atoms with Crippen LogP contribution in [-0.2, 0) is 22.6 Å². The molecule has 104 valence electrons. The van der Waals surface area contributed by atoms with Crippen LogP contribution < -0.4 is 5.32 Å². The number of ether oxygens (including phenoxy) is 2. The van der Waals surface area contributed by atoms with Gasteiger partial charge in [-0.1, -0.05) is 6.92 Å². The zero-order valence-electron chi connectivity index (χ0n) is 11.7. The highest BCUT2D eigenvalue weighted by molar-refractivity contribution is 5.15. The van der Waals surface area contributed by atoms with Gasteiger partial charge in [0.2, 0.25) is 0 Å². The van der Waals surface area contributed by atoms with Gasteiger partial charge in [0.05, 0.1) is 26.0 Å². The van der Waals surface area contributed by atoms with Crippen molar-refractivity contribution in [2.24, 2.45) is 0 Å². The van der Waals surface area contributed by atoms with Gasteiger partial charge in [-0.15, -0.1) is 0 Å². The molecule has 0 aliphatic heterocycles. The van der Waals surface area contributed by atoms with E-state index in [4.69, 9.17) is 9.47 Å². The third-order valence-electron chi connectivity index (χ3n) is 2.80. The molecule has 1 aromatic heterocycles. The van der Waals surface area contributed by atoms with Gasteiger partial charge in [-0.3, -0.25) is 4.68 Å². The maximum atomic E-state index is 5.47. The normalized spacial score (nSPS) is 11.1. The van der Waals surface area contributed by atoms with E-state index in [9.17, 15) is 0 Å². The lowest BCUT2D eigenvalue weighted by atomic mass is 10.2. The molecule has 0 radical (unpaired) electrons. The van der Waals surface area contributed by atoms with Crippen LogP contribution in [0.25, 0.3) is 0 Å². The Hall–Kier alpha value is -0.910. The topological polar surface area (TPSA) is 48.3 Å². The summed E-state index contributed by atoms with van der Waals surface area (Å²) in [6.45, 7) is 9.02. The summed E-state index contributed by atoms with van der Waals surface area (Å²) in [4.78, 5) is 0. The van der Waals surface area contributed by atoms with Crippen LogP contribution in [-0.4, -0.2) is 43.3 Å². The third kappa shape index (κ3) is 5.16. The van der Waals surface area contributed by atoms with Crippen molar-refractivity contribution in [2.45, 2.75) is 33.4 Å². The molecule has 0 saturated carbocycles. The minimum absolute atomic E-state index is 0.729. The molecule has 0 atom stereocenters. The molecule has 0 fully saturated rings. The molecule has 1 rings (SSSR count). The maximum Gasteiger partial charge on any atom is 0.0662 e.